The molecule has 2 N–H and O–H groups in total. The van der Waals surface area contributed by atoms with Crippen LogP contribution in [-0.4, -0.2) is 31.2 Å². The van der Waals surface area contributed by atoms with E-state index in [9.17, 15) is 0 Å². The second kappa shape index (κ2) is 6.88. The van der Waals surface area contributed by atoms with Gasteiger partial charge in [0.05, 0.1) is 6.10 Å². The Morgan fingerprint density at radius 1 is 1.28 bits per heavy atom. The fourth-order valence-electron chi connectivity index (χ4n) is 2.41. The molecule has 100 valence electrons. The van der Waals surface area contributed by atoms with Gasteiger partial charge in [0.1, 0.15) is 0 Å². The Balaban J connectivity index is 1.73. The summed E-state index contributed by atoms with van der Waals surface area (Å²) in [4.78, 5) is 2.36. The van der Waals surface area contributed by atoms with Crippen molar-refractivity contribution in [1.82, 2.24) is 4.90 Å². The molecule has 1 heterocycles. The van der Waals surface area contributed by atoms with Crippen LogP contribution >= 0.6 is 0 Å². The molecule has 18 heavy (non-hydrogen) atoms. The van der Waals surface area contributed by atoms with Gasteiger partial charge in [0, 0.05) is 26.2 Å². The summed E-state index contributed by atoms with van der Waals surface area (Å²) in [6.45, 7) is 3.67. The van der Waals surface area contributed by atoms with E-state index in [2.05, 4.69) is 36.2 Å². The molecule has 1 fully saturated rings. The van der Waals surface area contributed by atoms with Crippen molar-refractivity contribution in [3.63, 3.8) is 0 Å². The Morgan fingerprint density at radius 3 is 2.61 bits per heavy atom. The van der Waals surface area contributed by atoms with E-state index in [0.717, 1.165) is 26.1 Å². The highest BCUT2D eigenvalue weighted by atomic mass is 16.5. The molecule has 0 bridgehead atoms. The molecule has 0 spiro atoms. The number of ether oxygens (including phenoxy) is 1. The molecule has 0 amide bonds. The van der Waals surface area contributed by atoms with Gasteiger partial charge < -0.3 is 15.4 Å². The zero-order chi connectivity index (χ0) is 12.8. The lowest BCUT2D eigenvalue weighted by Gasteiger charge is -2.19. The third-order valence-electron chi connectivity index (χ3n) is 3.57. The van der Waals surface area contributed by atoms with Crippen molar-refractivity contribution in [2.45, 2.75) is 38.5 Å². The zero-order valence-corrected chi connectivity index (χ0v) is 11.3. The molecule has 3 heteroatoms. The molecular weight excluding hydrogens is 224 g/mol. The SMILES string of the molecule is CN(CCC1CCCO1)Cc1ccc(CN)cc1. The summed E-state index contributed by atoms with van der Waals surface area (Å²) in [5, 5.41) is 0. The van der Waals surface area contributed by atoms with Gasteiger partial charge in [0.2, 0.25) is 0 Å². The standard InChI is InChI=1S/C15H24N2O/c1-17(9-8-15-3-2-10-18-15)12-14-6-4-13(11-16)5-7-14/h4-7,15H,2-3,8-12,16H2,1H3. The largest absolute Gasteiger partial charge is 0.378 e. The fourth-order valence-corrected chi connectivity index (χ4v) is 2.41. The van der Waals surface area contributed by atoms with Crippen LogP contribution in [0, 0.1) is 0 Å². The van der Waals surface area contributed by atoms with Crippen LogP contribution < -0.4 is 5.73 Å². The Kier molecular flexibility index (Phi) is 5.17. The maximum Gasteiger partial charge on any atom is 0.0588 e. The van der Waals surface area contributed by atoms with Gasteiger partial charge >= 0.3 is 0 Å². The predicted octanol–water partition coefficient (Wildman–Crippen LogP) is 2.15. The van der Waals surface area contributed by atoms with Crippen molar-refractivity contribution in [1.29, 1.82) is 0 Å². The Morgan fingerprint density at radius 2 is 2.00 bits per heavy atom. The highest BCUT2D eigenvalue weighted by molar-refractivity contribution is 5.22. The molecule has 0 aromatic heterocycles. The number of rotatable bonds is 6. The number of nitrogens with two attached hydrogens (primary N) is 1. The number of hydrogen-bond donors (Lipinski definition) is 1. The van der Waals surface area contributed by atoms with E-state index in [1.54, 1.807) is 0 Å². The van der Waals surface area contributed by atoms with Crippen LogP contribution in [0.15, 0.2) is 24.3 Å². The van der Waals surface area contributed by atoms with Crippen LogP contribution in [-0.2, 0) is 17.8 Å². The zero-order valence-electron chi connectivity index (χ0n) is 11.3. The number of hydrogen-bond acceptors (Lipinski definition) is 3. The summed E-state index contributed by atoms with van der Waals surface area (Å²) < 4.78 is 5.64. The van der Waals surface area contributed by atoms with Crippen LogP contribution in [0.4, 0.5) is 0 Å². The third kappa shape index (κ3) is 4.09. The molecule has 1 unspecified atom stereocenters. The van der Waals surface area contributed by atoms with Gasteiger partial charge in [-0.1, -0.05) is 24.3 Å². The van der Waals surface area contributed by atoms with Crippen molar-refractivity contribution in [3.8, 4) is 0 Å². The Bertz CT molecular complexity index is 344. The molecule has 1 aromatic rings. The van der Waals surface area contributed by atoms with Crippen molar-refractivity contribution in [2.24, 2.45) is 5.73 Å². The number of nitrogens with zero attached hydrogens (tertiary/aromatic N) is 1. The summed E-state index contributed by atoms with van der Waals surface area (Å²) in [7, 11) is 2.17. The van der Waals surface area contributed by atoms with Gasteiger partial charge in [-0.05, 0) is 37.4 Å². The average molecular weight is 248 g/mol. The maximum absolute atomic E-state index is 5.64. The molecule has 0 saturated carbocycles. The van der Waals surface area contributed by atoms with Crippen molar-refractivity contribution in [3.05, 3.63) is 35.4 Å². The topological polar surface area (TPSA) is 38.5 Å². The number of benzene rings is 1. The van der Waals surface area contributed by atoms with Crippen LogP contribution in [0.25, 0.3) is 0 Å². The molecule has 1 aliphatic heterocycles. The van der Waals surface area contributed by atoms with Gasteiger partial charge in [-0.2, -0.15) is 0 Å². The highest BCUT2D eigenvalue weighted by Gasteiger charge is 2.15. The molecule has 3 nitrogen and oxygen atoms in total. The molecule has 1 aliphatic rings. The van der Waals surface area contributed by atoms with E-state index in [0.29, 0.717) is 12.6 Å². The van der Waals surface area contributed by atoms with E-state index >= 15 is 0 Å². The van der Waals surface area contributed by atoms with E-state index in [1.165, 1.54) is 24.0 Å². The molecule has 1 atom stereocenters. The minimum atomic E-state index is 0.493. The monoisotopic (exact) mass is 248 g/mol. The minimum Gasteiger partial charge on any atom is -0.378 e. The summed E-state index contributed by atoms with van der Waals surface area (Å²) in [6.07, 6.45) is 4.11. The Labute approximate surface area is 110 Å². The van der Waals surface area contributed by atoms with Gasteiger partial charge in [-0.15, -0.1) is 0 Å². The lowest BCUT2D eigenvalue weighted by atomic mass is 10.1. The van der Waals surface area contributed by atoms with E-state index in [1.807, 2.05) is 0 Å². The van der Waals surface area contributed by atoms with Crippen molar-refractivity contribution >= 4 is 0 Å². The lowest BCUT2D eigenvalue weighted by molar-refractivity contribution is 0.0944. The second-order valence-corrected chi connectivity index (χ2v) is 5.18. The minimum absolute atomic E-state index is 0.493. The van der Waals surface area contributed by atoms with E-state index < -0.39 is 0 Å². The van der Waals surface area contributed by atoms with Gasteiger partial charge in [-0.3, -0.25) is 0 Å². The Hall–Kier alpha value is -0.900. The molecular formula is C15H24N2O. The molecule has 0 radical (unpaired) electrons. The van der Waals surface area contributed by atoms with Crippen LogP contribution in [0.5, 0.6) is 0 Å². The van der Waals surface area contributed by atoms with Crippen LogP contribution in [0.3, 0.4) is 0 Å². The third-order valence-corrected chi connectivity index (χ3v) is 3.57. The summed E-state index contributed by atoms with van der Waals surface area (Å²) in [5.41, 5.74) is 8.14. The van der Waals surface area contributed by atoms with Crippen molar-refractivity contribution < 1.29 is 4.74 Å². The summed E-state index contributed by atoms with van der Waals surface area (Å²) in [6, 6.07) is 8.57. The van der Waals surface area contributed by atoms with E-state index in [-0.39, 0.29) is 0 Å². The van der Waals surface area contributed by atoms with Crippen molar-refractivity contribution in [2.75, 3.05) is 20.2 Å². The molecule has 2 rings (SSSR count). The van der Waals surface area contributed by atoms with Crippen LogP contribution in [0.2, 0.25) is 0 Å². The maximum atomic E-state index is 5.64. The summed E-state index contributed by atoms with van der Waals surface area (Å²) in [5.74, 6) is 0. The van der Waals surface area contributed by atoms with Gasteiger partial charge in [-0.25, -0.2) is 0 Å². The first-order chi connectivity index (χ1) is 8.78. The van der Waals surface area contributed by atoms with Crippen LogP contribution in [0.1, 0.15) is 30.4 Å². The van der Waals surface area contributed by atoms with Gasteiger partial charge in [0.25, 0.3) is 0 Å². The first-order valence-corrected chi connectivity index (χ1v) is 6.86. The average Bonchev–Trinajstić information content (AvgIpc) is 2.90. The van der Waals surface area contributed by atoms with E-state index in [4.69, 9.17) is 10.5 Å². The summed E-state index contributed by atoms with van der Waals surface area (Å²) >= 11 is 0. The molecule has 1 saturated heterocycles. The normalized spacial score (nSPS) is 19.6. The second-order valence-electron chi connectivity index (χ2n) is 5.18. The first-order valence-electron chi connectivity index (χ1n) is 6.86. The highest BCUT2D eigenvalue weighted by Crippen LogP contribution is 2.16. The lowest BCUT2D eigenvalue weighted by Crippen LogP contribution is -2.22. The smallest absolute Gasteiger partial charge is 0.0588 e. The first kappa shape index (κ1) is 13.5. The predicted molar refractivity (Wildman–Crippen MR) is 74.3 cm³/mol. The molecule has 1 aromatic carbocycles. The van der Waals surface area contributed by atoms with Gasteiger partial charge in [0.15, 0.2) is 0 Å². The quantitative estimate of drug-likeness (QED) is 0.838. The molecule has 0 aliphatic carbocycles. The fraction of sp³-hybridized carbons (Fsp3) is 0.600.